The zero-order chi connectivity index (χ0) is 83.8. The lowest BCUT2D eigenvalue weighted by Gasteiger charge is -2.35. The van der Waals surface area contributed by atoms with Crippen LogP contribution < -0.4 is 5.32 Å². The third kappa shape index (κ3) is 89.5. The van der Waals surface area contributed by atoms with Gasteiger partial charge in [-0.25, -0.2) is 33.6 Å². The Morgan fingerprint density at radius 2 is 0.811 bits per heavy atom. The summed E-state index contributed by atoms with van der Waals surface area (Å²) in [7, 11) is -3.45. The van der Waals surface area contributed by atoms with Crippen LogP contribution in [0.3, 0.4) is 0 Å². The molecule has 0 bridgehead atoms. The second-order valence-corrected chi connectivity index (χ2v) is 27.7. The Morgan fingerprint density at radius 3 is 1.15 bits per heavy atom. The van der Waals surface area contributed by atoms with Crippen LogP contribution in [-0.4, -0.2) is 351 Å². The van der Waals surface area contributed by atoms with E-state index in [-0.39, 0.29) is 173 Å². The Hall–Kier alpha value is -5.92. The van der Waals surface area contributed by atoms with Crippen molar-refractivity contribution >= 4 is 70.4 Å². The highest BCUT2D eigenvalue weighted by atomic mass is 35.5. The number of carbonyl (C=O) groups excluding carboxylic acids is 7. The van der Waals surface area contributed by atoms with Crippen LogP contribution in [0.2, 0.25) is 0 Å². The molecule has 4 rings (SSSR count). The Balaban J connectivity index is -0.000000394. The van der Waals surface area contributed by atoms with Crippen molar-refractivity contribution < 1.29 is 152 Å². The number of halogens is 1. The topological polar surface area (TPSA) is 440 Å². The normalized spacial score (nSPS) is 15.5. The number of carboxylic acids is 1. The summed E-state index contributed by atoms with van der Waals surface area (Å²) < 4.78 is 110. The Labute approximate surface area is 664 Å². The molecule has 652 valence electrons. The minimum atomic E-state index is -3.45. The summed E-state index contributed by atoms with van der Waals surface area (Å²) in [5.41, 5.74) is -1.26. The predicted octanol–water partition coefficient (Wildman–Crippen LogP) is 4.00. The number of aliphatic hydroxyl groups excluding tert-OH is 3. The largest absolute Gasteiger partial charge is 0.480 e. The summed E-state index contributed by atoms with van der Waals surface area (Å²) in [5.74, 6) is -3.20. The van der Waals surface area contributed by atoms with Gasteiger partial charge in [-0.15, -0.1) is 12.4 Å². The van der Waals surface area contributed by atoms with Crippen LogP contribution in [0.5, 0.6) is 0 Å². The van der Waals surface area contributed by atoms with Crippen molar-refractivity contribution in [2.24, 2.45) is 0 Å². The maximum atomic E-state index is 11.9. The van der Waals surface area contributed by atoms with Crippen molar-refractivity contribution in [1.29, 1.82) is 0 Å². The number of nitrogens with one attached hydrogen (secondary N) is 1. The van der Waals surface area contributed by atoms with Gasteiger partial charge in [0, 0.05) is 85.1 Å². The van der Waals surface area contributed by atoms with Crippen molar-refractivity contribution in [1.82, 2.24) is 20.0 Å². The zero-order valence-corrected chi connectivity index (χ0v) is 69.3. The fourth-order valence-electron chi connectivity index (χ4n) is 7.78. The molecule has 4 aliphatic heterocycles. The molecule has 1 amide bonds. The number of ether oxygens (including phenoxy) is 17. The number of carbonyl (C=O) groups is 8. The van der Waals surface area contributed by atoms with Gasteiger partial charge in [-0.1, -0.05) is 57.5 Å². The smallest absolute Gasteiger partial charge is 0.410 e. The van der Waals surface area contributed by atoms with Crippen LogP contribution in [0.4, 0.5) is 4.79 Å². The number of aliphatic hydroxyl groups is 3. The van der Waals surface area contributed by atoms with Gasteiger partial charge in [0.15, 0.2) is 12.6 Å². The lowest BCUT2D eigenvalue weighted by Crippen LogP contribution is -2.50. The van der Waals surface area contributed by atoms with Gasteiger partial charge in [0.1, 0.15) is 82.9 Å². The SMILES string of the molecule is C=CCOC(=O)COCCN1CCN(C(=O)OC(C)(C)C)CC1.C=CCOC(=O)COCCN1CCNCC1.C=CCOC(=O)COCCO.C=CCOC(=O)COCCOS(C)(=O)=O.CC(C)(C)OC(=O)COCCOC1CCCCO1.CCC(=O)OC(C)(C)C.Cl.O=C(O)COCCO.OCCOC1CCCCO1. The molecular weight excluding hydrogens is 1510 g/mol. The molecule has 0 aliphatic carbocycles. The van der Waals surface area contributed by atoms with E-state index < -0.39 is 39.2 Å². The first-order valence-corrected chi connectivity index (χ1v) is 38.3. The number of hydrogen-bond donors (Lipinski definition) is 5. The van der Waals surface area contributed by atoms with Crippen molar-refractivity contribution in [3.8, 4) is 0 Å². The quantitative estimate of drug-likeness (QED) is 0.0189. The summed E-state index contributed by atoms with van der Waals surface area (Å²) >= 11 is 0. The molecule has 4 heterocycles. The highest BCUT2D eigenvalue weighted by Gasteiger charge is 2.26. The van der Waals surface area contributed by atoms with E-state index in [0.717, 1.165) is 104 Å². The molecule has 38 heteroatoms. The number of aliphatic carboxylic acids is 1. The molecule has 2 unspecified atom stereocenters. The highest BCUT2D eigenvalue weighted by molar-refractivity contribution is 7.86. The molecule has 0 spiro atoms. The van der Waals surface area contributed by atoms with Crippen molar-refractivity contribution in [3.63, 3.8) is 0 Å². The monoisotopic (exact) mass is 1650 g/mol. The summed E-state index contributed by atoms with van der Waals surface area (Å²) in [6, 6.07) is 0. The maximum absolute atomic E-state index is 11.9. The molecule has 0 aromatic heterocycles. The van der Waals surface area contributed by atoms with Crippen LogP contribution in [0.25, 0.3) is 0 Å². The van der Waals surface area contributed by atoms with Crippen LogP contribution in [0.15, 0.2) is 50.6 Å². The summed E-state index contributed by atoms with van der Waals surface area (Å²) in [5, 5.41) is 36.0. The number of rotatable bonds is 42. The molecule has 0 radical (unpaired) electrons. The molecule has 2 atom stereocenters. The Kier molecular flexibility index (Phi) is 77.2. The predicted molar refractivity (Wildman–Crippen MR) is 411 cm³/mol. The fourth-order valence-corrected chi connectivity index (χ4v) is 8.15. The van der Waals surface area contributed by atoms with E-state index in [4.69, 9.17) is 82.0 Å². The highest BCUT2D eigenvalue weighted by Crippen LogP contribution is 2.16. The Morgan fingerprint density at radius 1 is 0.459 bits per heavy atom. The van der Waals surface area contributed by atoms with Crippen LogP contribution in [-0.2, 0) is 128 Å². The second-order valence-electron chi connectivity index (χ2n) is 26.1. The molecule has 0 saturated carbocycles. The van der Waals surface area contributed by atoms with E-state index in [1.54, 1.807) is 17.9 Å². The number of esters is 6. The molecule has 4 aliphatic rings. The fraction of sp³-hybridized carbons (Fsp3) is 0.781. The van der Waals surface area contributed by atoms with E-state index in [1.165, 1.54) is 24.6 Å². The van der Waals surface area contributed by atoms with Gasteiger partial charge in [-0.3, -0.25) is 18.8 Å². The standard InChI is InChI=1S/C16H28N2O5.C13H24O5.C11H20N2O3.C8H14O6S.C7H12O4.C7H14O3.C7H14O2.C4H8O4.ClH/c1-5-11-22-14(19)13-21-12-10-17-6-8-18(9-7-17)15(20)23-16(2,3)4;1-13(2,3)18-11(14)10-15-8-9-17-12-6-4-5-7-16-12;1-2-8-16-11(14)10-15-9-7-13-5-3-12-4-6-13;1-3-4-13-8(9)7-12-5-6-14-15(2,10)11;1-2-4-11-7(9)6-10-5-3-8;8-4-6-10-7-3-1-2-5-9-7;1-5-6(8)9-7(2,3)4;5-1-2-8-3-4(6)7;/h5H,1,6-13H2,2-4H3;12H,4-10H2,1-3H3;2,12H,1,3-10H2;3H,1,4-7H2,2H3;2,8H,1,3-6H2;7-8H,1-6H2;5H2,1-4H3;5H,1-3H2,(H,6,7);1H. The molecule has 4 fully saturated rings. The summed E-state index contributed by atoms with van der Waals surface area (Å²) in [4.78, 5) is 93.4. The van der Waals surface area contributed by atoms with Crippen LogP contribution in [0, 0.1) is 0 Å². The van der Waals surface area contributed by atoms with Crippen molar-refractivity contribution in [3.05, 3.63) is 50.6 Å². The first-order chi connectivity index (χ1) is 52.0. The number of piperazine rings is 2. The van der Waals surface area contributed by atoms with Crippen LogP contribution in [0.1, 0.15) is 114 Å². The third-order valence-corrected chi connectivity index (χ3v) is 13.0. The Bertz CT molecular complexity index is 2500. The van der Waals surface area contributed by atoms with E-state index in [1.807, 2.05) is 62.3 Å². The molecule has 111 heavy (non-hydrogen) atoms. The average Bonchev–Trinajstić information content (AvgIpc) is 0.870. The maximum Gasteiger partial charge on any atom is 0.410 e. The van der Waals surface area contributed by atoms with Crippen molar-refractivity contribution in [2.45, 2.75) is 144 Å². The first kappa shape index (κ1) is 114. The third-order valence-electron chi connectivity index (χ3n) is 12.4. The van der Waals surface area contributed by atoms with E-state index in [9.17, 15) is 46.8 Å². The molecular formula is C73H135ClN4O32S. The van der Waals surface area contributed by atoms with Gasteiger partial charge in [-0.05, 0) is 101 Å². The lowest BCUT2D eigenvalue weighted by atomic mass is 10.2. The molecule has 5 N–H and O–H groups in total. The lowest BCUT2D eigenvalue weighted by molar-refractivity contribution is -0.174. The zero-order valence-electron chi connectivity index (χ0n) is 67.7. The number of hydrogen-bond acceptors (Lipinski definition) is 34. The molecule has 0 aromatic carbocycles. The van der Waals surface area contributed by atoms with Gasteiger partial charge in [-0.2, -0.15) is 8.42 Å². The van der Waals surface area contributed by atoms with Crippen LogP contribution >= 0.6 is 12.4 Å². The van der Waals surface area contributed by atoms with Gasteiger partial charge in [0.2, 0.25) is 0 Å². The first-order valence-electron chi connectivity index (χ1n) is 36.5. The van der Waals surface area contributed by atoms with E-state index in [0.29, 0.717) is 52.5 Å². The minimum Gasteiger partial charge on any atom is -0.480 e. The van der Waals surface area contributed by atoms with Gasteiger partial charge in [0.05, 0.1) is 85.5 Å². The van der Waals surface area contributed by atoms with E-state index >= 15 is 0 Å². The van der Waals surface area contributed by atoms with Gasteiger partial charge < -0.3 is 111 Å². The number of carboxylic acid groups (broad SMARTS) is 1. The summed E-state index contributed by atoms with van der Waals surface area (Å²) in [6.07, 6.45) is 13.4. The van der Waals surface area contributed by atoms with Crippen molar-refractivity contribution in [2.75, 3.05) is 230 Å². The van der Waals surface area contributed by atoms with Gasteiger partial charge >= 0.3 is 47.9 Å². The number of amides is 1. The van der Waals surface area contributed by atoms with E-state index in [2.05, 4.69) is 64.6 Å². The molecule has 4 saturated heterocycles. The molecule has 36 nitrogen and oxygen atoms in total. The summed E-state index contributed by atoms with van der Waals surface area (Å²) in [6.45, 7) is 44.5. The second kappa shape index (κ2) is 75.4. The average molecular weight is 1650 g/mol. The van der Waals surface area contributed by atoms with Gasteiger partial charge in [0.25, 0.3) is 10.1 Å². The molecule has 0 aromatic rings. The number of nitrogens with zero attached hydrogens (tertiary/aromatic N) is 3. The minimum absolute atomic E-state index is 0.